The molecule has 0 aliphatic rings. The van der Waals surface area contributed by atoms with Crippen molar-refractivity contribution in [3.63, 3.8) is 0 Å². The zero-order valence-electron chi connectivity index (χ0n) is 8.51. The lowest BCUT2D eigenvalue weighted by Gasteiger charge is -2.09. The number of hydrogen-bond donors (Lipinski definition) is 2. The molecule has 0 aromatic heterocycles. The quantitative estimate of drug-likeness (QED) is 0.535. The van der Waals surface area contributed by atoms with E-state index in [0.717, 1.165) is 0 Å². The van der Waals surface area contributed by atoms with Gasteiger partial charge in [-0.15, -0.1) is 0 Å². The Labute approximate surface area is 89.4 Å². The maximum atomic E-state index is 11.7. The molecule has 2 N–H and O–H groups in total. The zero-order chi connectivity index (χ0) is 12.7. The molecule has 0 heterocycles. The molecular formula is C8H14F6N2. The molecule has 0 aliphatic carbocycles. The molecule has 0 saturated carbocycles. The summed E-state index contributed by atoms with van der Waals surface area (Å²) < 4.78 is 69.8. The fraction of sp³-hybridized carbons (Fsp3) is 1.00. The first kappa shape index (κ1) is 15.5. The first-order valence-corrected chi connectivity index (χ1v) is 4.76. The molecule has 0 fully saturated rings. The molecule has 0 spiro atoms. The van der Waals surface area contributed by atoms with Crippen molar-refractivity contribution < 1.29 is 26.3 Å². The Morgan fingerprint density at radius 3 is 1.75 bits per heavy atom. The maximum absolute atomic E-state index is 11.7. The molecule has 0 rings (SSSR count). The zero-order valence-corrected chi connectivity index (χ0v) is 8.51. The average molecular weight is 252 g/mol. The predicted molar refractivity (Wildman–Crippen MR) is 47.1 cm³/mol. The van der Waals surface area contributed by atoms with Crippen LogP contribution in [0.1, 0.15) is 12.8 Å². The second-order valence-corrected chi connectivity index (χ2v) is 3.26. The first-order valence-electron chi connectivity index (χ1n) is 4.76. The van der Waals surface area contributed by atoms with E-state index in [4.69, 9.17) is 0 Å². The van der Waals surface area contributed by atoms with Crippen molar-refractivity contribution in [3.8, 4) is 0 Å². The summed E-state index contributed by atoms with van der Waals surface area (Å²) in [5, 5.41) is 4.74. The van der Waals surface area contributed by atoms with Crippen LogP contribution in [0.4, 0.5) is 26.3 Å². The molecule has 2 nitrogen and oxygen atoms in total. The summed E-state index contributed by atoms with van der Waals surface area (Å²) in [7, 11) is 0. The van der Waals surface area contributed by atoms with Crippen molar-refractivity contribution in [3.05, 3.63) is 0 Å². The summed E-state index contributed by atoms with van der Waals surface area (Å²) in [6.45, 7) is -0.649. The van der Waals surface area contributed by atoms with Gasteiger partial charge >= 0.3 is 12.4 Å². The highest BCUT2D eigenvalue weighted by Gasteiger charge is 2.26. The van der Waals surface area contributed by atoms with Gasteiger partial charge in [0.15, 0.2) is 0 Å². The van der Waals surface area contributed by atoms with Crippen molar-refractivity contribution in [2.24, 2.45) is 0 Å². The molecule has 98 valence electrons. The Bertz CT molecular complexity index is 156. The third-order valence-corrected chi connectivity index (χ3v) is 1.62. The highest BCUT2D eigenvalue weighted by Crippen LogP contribution is 2.20. The van der Waals surface area contributed by atoms with Gasteiger partial charge in [0.1, 0.15) is 0 Å². The lowest BCUT2D eigenvalue weighted by Crippen LogP contribution is -2.34. The third-order valence-electron chi connectivity index (χ3n) is 1.62. The van der Waals surface area contributed by atoms with Gasteiger partial charge in [-0.1, -0.05) is 0 Å². The van der Waals surface area contributed by atoms with Gasteiger partial charge in [-0.25, -0.2) is 0 Å². The Morgan fingerprint density at radius 2 is 1.25 bits per heavy atom. The third kappa shape index (κ3) is 13.5. The van der Waals surface area contributed by atoms with Gasteiger partial charge in [0.05, 0.1) is 6.54 Å². The molecule has 0 radical (unpaired) electrons. The number of hydrogen-bond acceptors (Lipinski definition) is 2. The number of halogens is 6. The molecular weight excluding hydrogens is 238 g/mol. The molecule has 0 aromatic carbocycles. The second-order valence-electron chi connectivity index (χ2n) is 3.26. The highest BCUT2D eigenvalue weighted by molar-refractivity contribution is 4.58. The van der Waals surface area contributed by atoms with Crippen molar-refractivity contribution >= 4 is 0 Å². The van der Waals surface area contributed by atoms with Gasteiger partial charge in [-0.3, -0.25) is 0 Å². The Hall–Kier alpha value is -0.500. The Balaban J connectivity index is 3.17. The summed E-state index contributed by atoms with van der Waals surface area (Å²) >= 11 is 0. The van der Waals surface area contributed by atoms with Gasteiger partial charge in [0.2, 0.25) is 0 Å². The van der Waals surface area contributed by atoms with Crippen LogP contribution >= 0.6 is 0 Å². The van der Waals surface area contributed by atoms with Crippen molar-refractivity contribution in [1.82, 2.24) is 10.6 Å². The van der Waals surface area contributed by atoms with E-state index >= 15 is 0 Å². The lowest BCUT2D eigenvalue weighted by atomic mass is 10.3. The summed E-state index contributed by atoms with van der Waals surface area (Å²) in [5.74, 6) is 0. The summed E-state index contributed by atoms with van der Waals surface area (Å²) in [6, 6.07) is 0. The van der Waals surface area contributed by atoms with E-state index in [-0.39, 0.29) is 26.1 Å². The standard InChI is InChI=1S/C8H14F6N2/c9-7(10,11)2-1-3-15-4-5-16-6-8(12,13)14/h15-16H,1-6H2. The highest BCUT2D eigenvalue weighted by atomic mass is 19.4. The van der Waals surface area contributed by atoms with E-state index < -0.39 is 25.3 Å². The van der Waals surface area contributed by atoms with Crippen molar-refractivity contribution in [1.29, 1.82) is 0 Å². The van der Waals surface area contributed by atoms with E-state index in [1.165, 1.54) is 0 Å². The number of rotatable bonds is 7. The molecule has 0 unspecified atom stereocenters. The van der Waals surface area contributed by atoms with Crippen LogP contribution in [0, 0.1) is 0 Å². The van der Waals surface area contributed by atoms with Crippen molar-refractivity contribution in [2.75, 3.05) is 26.2 Å². The first-order chi connectivity index (χ1) is 7.21. The molecule has 0 atom stereocenters. The van der Waals surface area contributed by atoms with Crippen LogP contribution < -0.4 is 10.6 Å². The predicted octanol–water partition coefficient (Wildman–Crippen LogP) is 2.07. The van der Waals surface area contributed by atoms with Gasteiger partial charge < -0.3 is 10.6 Å². The van der Waals surface area contributed by atoms with Crippen LogP contribution in [0.25, 0.3) is 0 Å². The van der Waals surface area contributed by atoms with Crippen LogP contribution in [0.5, 0.6) is 0 Å². The molecule has 0 amide bonds. The number of nitrogens with one attached hydrogen (secondary N) is 2. The fourth-order valence-corrected chi connectivity index (χ4v) is 0.946. The van der Waals surface area contributed by atoms with Crippen LogP contribution in [-0.4, -0.2) is 38.5 Å². The minimum absolute atomic E-state index is 0.0667. The molecule has 0 saturated heterocycles. The Morgan fingerprint density at radius 1 is 0.688 bits per heavy atom. The van der Waals surface area contributed by atoms with E-state index in [0.29, 0.717) is 0 Å². The van der Waals surface area contributed by atoms with Gasteiger partial charge in [0.25, 0.3) is 0 Å². The van der Waals surface area contributed by atoms with Gasteiger partial charge in [-0.05, 0) is 13.0 Å². The normalized spacial score (nSPS) is 13.1. The molecule has 8 heteroatoms. The van der Waals surface area contributed by atoms with E-state index in [1.807, 2.05) is 0 Å². The van der Waals surface area contributed by atoms with E-state index in [1.54, 1.807) is 0 Å². The summed E-state index contributed by atoms with van der Waals surface area (Å²) in [5.41, 5.74) is 0. The monoisotopic (exact) mass is 252 g/mol. The van der Waals surface area contributed by atoms with E-state index in [2.05, 4.69) is 10.6 Å². The molecule has 0 aliphatic heterocycles. The minimum atomic E-state index is -4.25. The fourth-order valence-electron chi connectivity index (χ4n) is 0.946. The lowest BCUT2D eigenvalue weighted by molar-refractivity contribution is -0.135. The second kappa shape index (κ2) is 6.95. The van der Waals surface area contributed by atoms with Crippen LogP contribution in [0.2, 0.25) is 0 Å². The molecule has 0 aromatic rings. The maximum Gasteiger partial charge on any atom is 0.401 e. The van der Waals surface area contributed by atoms with Crippen LogP contribution in [0.3, 0.4) is 0 Å². The number of alkyl halides is 6. The van der Waals surface area contributed by atoms with Crippen molar-refractivity contribution in [2.45, 2.75) is 25.2 Å². The average Bonchev–Trinajstić information content (AvgIpc) is 2.06. The SMILES string of the molecule is FC(F)(F)CCCNCCNCC(F)(F)F. The van der Waals surface area contributed by atoms with Gasteiger partial charge in [0, 0.05) is 19.5 Å². The van der Waals surface area contributed by atoms with Crippen LogP contribution in [-0.2, 0) is 0 Å². The Kier molecular flexibility index (Phi) is 6.73. The minimum Gasteiger partial charge on any atom is -0.315 e. The largest absolute Gasteiger partial charge is 0.401 e. The van der Waals surface area contributed by atoms with Crippen LogP contribution in [0.15, 0.2) is 0 Å². The topological polar surface area (TPSA) is 24.1 Å². The van der Waals surface area contributed by atoms with Gasteiger partial charge in [-0.2, -0.15) is 26.3 Å². The van der Waals surface area contributed by atoms with E-state index in [9.17, 15) is 26.3 Å². The summed E-state index contributed by atoms with van der Waals surface area (Å²) in [4.78, 5) is 0. The smallest absolute Gasteiger partial charge is 0.315 e. The molecule has 16 heavy (non-hydrogen) atoms. The molecule has 0 bridgehead atoms. The summed E-state index contributed by atoms with van der Waals surface area (Å²) in [6.07, 6.45) is -9.37.